The van der Waals surface area contributed by atoms with E-state index in [9.17, 15) is 45.3 Å². The summed E-state index contributed by atoms with van der Waals surface area (Å²) < 4.78 is 31.7. The van der Waals surface area contributed by atoms with Crippen molar-refractivity contribution in [2.75, 3.05) is 32.1 Å². The zero-order chi connectivity index (χ0) is 50.7. The number of aliphatic carboxylic acids is 1. The van der Waals surface area contributed by atoms with Gasteiger partial charge in [-0.15, -0.1) is 0 Å². The molecule has 2 bridgehead atoms. The van der Waals surface area contributed by atoms with Gasteiger partial charge in [0.2, 0.25) is 12.0 Å². The van der Waals surface area contributed by atoms with Crippen molar-refractivity contribution in [1.29, 1.82) is 0 Å². The summed E-state index contributed by atoms with van der Waals surface area (Å²) in [4.78, 5) is 30.5. The first kappa shape index (κ1) is 48.6. The van der Waals surface area contributed by atoms with E-state index in [2.05, 4.69) is 20.9 Å². The van der Waals surface area contributed by atoms with E-state index in [0.717, 1.165) is 5.56 Å². The fraction of sp³-hybridized carbons (Fsp3) is 0.385. The maximum atomic E-state index is 14.3. The molecular formula is C52H58N6O14. The van der Waals surface area contributed by atoms with Gasteiger partial charge in [-0.1, -0.05) is 24.6 Å². The summed E-state index contributed by atoms with van der Waals surface area (Å²) in [5, 5.41) is 91.7. The number of allylic oxidation sites excluding steroid dienone is 2. The number of aromatic amines is 1. The molecule has 0 radical (unpaired) electrons. The van der Waals surface area contributed by atoms with Crippen LogP contribution in [0.5, 0.6) is 28.7 Å². The molecule has 380 valence electrons. The molecule has 3 aliphatic heterocycles. The summed E-state index contributed by atoms with van der Waals surface area (Å²) in [7, 11) is 0. The van der Waals surface area contributed by atoms with Crippen molar-refractivity contribution >= 4 is 22.8 Å². The van der Waals surface area contributed by atoms with Crippen molar-refractivity contribution in [3.8, 4) is 40.1 Å². The number of aromatic hydroxyl groups is 2. The summed E-state index contributed by atoms with van der Waals surface area (Å²) in [6.45, 7) is 2.82. The molecular weight excluding hydrogens is 933 g/mol. The maximum Gasteiger partial charge on any atom is 0.336 e. The number of nitrogens with two attached hydrogens (primary N) is 2. The van der Waals surface area contributed by atoms with Crippen LogP contribution in [0.2, 0.25) is 0 Å². The zero-order valence-corrected chi connectivity index (χ0v) is 39.3. The number of fused-ring (bicyclic) bond motifs is 3. The Hall–Kier alpha value is -7.04. The number of hydrogen-bond donors (Lipinski definition) is 13. The molecule has 0 amide bonds. The van der Waals surface area contributed by atoms with Crippen molar-refractivity contribution in [1.82, 2.24) is 20.9 Å². The van der Waals surface area contributed by atoms with Crippen LogP contribution in [-0.2, 0) is 21.6 Å². The molecule has 5 heterocycles. The lowest BCUT2D eigenvalue weighted by molar-refractivity contribution is -0.344. The molecule has 5 aromatic rings. The van der Waals surface area contributed by atoms with Crippen LogP contribution >= 0.6 is 0 Å². The molecule has 3 fully saturated rings. The van der Waals surface area contributed by atoms with Crippen LogP contribution in [0.1, 0.15) is 62.0 Å². The minimum atomic E-state index is -2.67. The van der Waals surface area contributed by atoms with Gasteiger partial charge in [-0.3, -0.25) is 10.1 Å². The number of H-pyrrole nitrogens is 1. The molecule has 1 saturated carbocycles. The minimum Gasteiger partial charge on any atom is -0.508 e. The number of aromatic nitrogens is 1. The Morgan fingerprint density at radius 3 is 2.47 bits per heavy atom. The van der Waals surface area contributed by atoms with Crippen LogP contribution in [0.4, 0.5) is 5.82 Å². The standard InChI is InChI=1S/C52H58N6O14/c1-2-26-16-30(19-31(59)17-26)50(12-3-4-13-50)72-45-39(21-38-42(44(45)62)35(60)20-37(69-38)28-5-7-32(8-6-28)68-24-36(61)33-9-10-40(53)58-33)70-49-51(66)22-29(15-27-11-14-56-41(54)18-27)43(34-23-55-25-57-34)52(67,48(51)65)46(71-49)47(63)64/h5-11,16-22,34,36,43,46,48-49,55-59,61-62,65-67H,2-4,12-15,23-25,53-54H2,1H3,(H,63,64)/t34-,36+,43+,46-,48+,49-,51-,52-/m1/s1. The third kappa shape index (κ3) is 8.67. The first-order valence-corrected chi connectivity index (χ1v) is 23.9. The number of nitrogen functional groups attached to an aromatic ring is 1. The third-order valence-corrected chi connectivity index (χ3v) is 14.6. The number of benzene rings is 3. The average molecular weight is 991 g/mol. The summed E-state index contributed by atoms with van der Waals surface area (Å²) >= 11 is 0. The largest absolute Gasteiger partial charge is 0.508 e. The maximum absolute atomic E-state index is 14.3. The van der Waals surface area contributed by atoms with Gasteiger partial charge in [-0.05, 0) is 116 Å². The predicted octanol–water partition coefficient (Wildman–Crippen LogP) is 3.11. The molecule has 15 N–H and O–H groups in total. The second-order valence-corrected chi connectivity index (χ2v) is 19.2. The normalized spacial score (nSPS) is 27.1. The average Bonchev–Trinajstić information content (AvgIpc) is 4.16. The number of aliphatic hydroxyl groups excluding tert-OH is 2. The van der Waals surface area contributed by atoms with Gasteiger partial charge < -0.3 is 86.2 Å². The number of ether oxygens (including phenoxy) is 4. The highest BCUT2D eigenvalue weighted by Crippen LogP contribution is 2.55. The third-order valence-electron chi connectivity index (χ3n) is 14.6. The predicted molar refractivity (Wildman–Crippen MR) is 261 cm³/mol. The molecule has 2 aromatic heterocycles. The van der Waals surface area contributed by atoms with Crippen molar-refractivity contribution in [3.05, 3.63) is 129 Å². The van der Waals surface area contributed by atoms with E-state index in [0.29, 0.717) is 90.7 Å². The summed E-state index contributed by atoms with van der Waals surface area (Å²) in [5.41, 5.74) is 7.80. The molecule has 20 nitrogen and oxygen atoms in total. The second-order valence-electron chi connectivity index (χ2n) is 19.2. The fourth-order valence-corrected chi connectivity index (χ4v) is 11.0. The SMILES string of the molecule is CCc1cc(O)cc(C2(Oc3c(O[C@@H]4O[C@H](C(=O)O)[C@]5(O)[C@H]([C@H]6CNCN6)C(CC6=CCNC(N)=C6)=C[C@@]4(O)[C@@H]5O)cc4oc(-c5ccc(OC[C@H](O)c6ccc(N)[nH]6)cc5)cc(=O)c4c3O)CCCC2)c1. The number of carbonyl (C=O) groups is 1. The van der Waals surface area contributed by atoms with E-state index >= 15 is 0 Å². The number of carboxylic acids is 1. The smallest absolute Gasteiger partial charge is 0.336 e. The lowest BCUT2D eigenvalue weighted by atomic mass is 9.59. The van der Waals surface area contributed by atoms with Gasteiger partial charge in [0, 0.05) is 55.1 Å². The van der Waals surface area contributed by atoms with Gasteiger partial charge in [0.1, 0.15) is 64.1 Å². The van der Waals surface area contributed by atoms with Crippen molar-refractivity contribution in [2.24, 2.45) is 11.7 Å². The number of nitrogens with one attached hydrogen (secondary N) is 4. The molecule has 0 unspecified atom stereocenters. The Morgan fingerprint density at radius 1 is 1.01 bits per heavy atom. The van der Waals surface area contributed by atoms with E-state index in [4.69, 9.17) is 34.8 Å². The molecule has 0 spiro atoms. The van der Waals surface area contributed by atoms with Gasteiger partial charge >= 0.3 is 5.97 Å². The molecule has 2 aliphatic carbocycles. The van der Waals surface area contributed by atoms with E-state index < -0.39 is 76.3 Å². The Balaban J connectivity index is 1.09. The summed E-state index contributed by atoms with van der Waals surface area (Å²) in [6.07, 6.45) is 0.144. The number of rotatable bonds is 15. The Bertz CT molecular complexity index is 3050. The number of phenols is 2. The number of anilines is 1. The Labute approximate surface area is 412 Å². The fourth-order valence-electron chi connectivity index (χ4n) is 11.0. The van der Waals surface area contributed by atoms with Crippen LogP contribution in [0.25, 0.3) is 22.3 Å². The van der Waals surface area contributed by atoms with E-state index in [-0.39, 0.29) is 47.8 Å². The highest BCUT2D eigenvalue weighted by atomic mass is 16.7. The highest BCUT2D eigenvalue weighted by molar-refractivity contribution is 5.90. The van der Waals surface area contributed by atoms with E-state index in [1.807, 2.05) is 19.1 Å². The van der Waals surface area contributed by atoms with Crippen LogP contribution in [0.15, 0.2) is 111 Å². The van der Waals surface area contributed by atoms with Crippen molar-refractivity contribution < 1.29 is 63.9 Å². The zero-order valence-electron chi connectivity index (χ0n) is 39.3. The number of hydrogen-bond acceptors (Lipinski definition) is 18. The highest BCUT2D eigenvalue weighted by Gasteiger charge is 2.71. The van der Waals surface area contributed by atoms with Crippen LogP contribution in [-0.4, -0.2) is 109 Å². The van der Waals surface area contributed by atoms with Gasteiger partial charge in [-0.25, -0.2) is 4.79 Å². The summed E-state index contributed by atoms with van der Waals surface area (Å²) in [5.74, 6) is -3.08. The monoisotopic (exact) mass is 990 g/mol. The van der Waals surface area contributed by atoms with Crippen LogP contribution < -0.4 is 47.1 Å². The number of aryl methyl sites for hydroxylation is 1. The molecule has 8 atom stereocenters. The first-order chi connectivity index (χ1) is 34.5. The number of phenolic OH excluding ortho intramolecular Hbond substituents is 2. The van der Waals surface area contributed by atoms with Gasteiger partial charge in [-0.2, -0.15) is 0 Å². The molecule has 72 heavy (non-hydrogen) atoms. The second kappa shape index (κ2) is 18.9. The van der Waals surface area contributed by atoms with Gasteiger partial charge in [0.25, 0.3) is 0 Å². The van der Waals surface area contributed by atoms with Gasteiger partial charge in [0.05, 0.1) is 5.82 Å². The molecule has 20 heteroatoms. The Kier molecular flexibility index (Phi) is 12.7. The minimum absolute atomic E-state index is 0.00907. The lowest BCUT2D eigenvalue weighted by Crippen LogP contribution is -2.79. The number of dihydropyridines is 1. The molecule has 2 saturated heterocycles. The van der Waals surface area contributed by atoms with Crippen LogP contribution in [0.3, 0.4) is 0 Å². The molecule has 10 rings (SSSR count). The van der Waals surface area contributed by atoms with Gasteiger partial charge in [0.15, 0.2) is 28.6 Å². The summed E-state index contributed by atoms with van der Waals surface area (Å²) in [6, 6.07) is 16.7. The number of aliphatic hydroxyl groups is 4. The first-order valence-electron chi connectivity index (χ1n) is 23.9. The molecule has 3 aromatic carbocycles. The van der Waals surface area contributed by atoms with Crippen LogP contribution in [0, 0.1) is 5.92 Å². The van der Waals surface area contributed by atoms with E-state index in [1.54, 1.807) is 54.6 Å². The number of carboxylic acid groups (broad SMARTS) is 1. The molecule has 5 aliphatic rings. The quantitative estimate of drug-likeness (QED) is 0.0670. The van der Waals surface area contributed by atoms with Crippen molar-refractivity contribution in [2.45, 2.75) is 92.9 Å². The van der Waals surface area contributed by atoms with Crippen molar-refractivity contribution in [3.63, 3.8) is 0 Å². The topological polar surface area (TPSA) is 330 Å². The lowest BCUT2D eigenvalue weighted by Gasteiger charge is -2.58. The van der Waals surface area contributed by atoms with E-state index in [1.165, 1.54) is 18.2 Å². The Morgan fingerprint density at radius 2 is 1.79 bits per heavy atom.